The SMILES string of the molecule is C[C@@H]1CN([C@H](C)CO)C(=O)Cc2cc(NC(=O)CCN3CCOCC3)ccc2O[C@@H]1CN(C)S(=O)(=O)c1cn(C)cn1. The van der Waals surface area contributed by atoms with Gasteiger partial charge < -0.3 is 29.4 Å². The Labute approximate surface area is 247 Å². The van der Waals surface area contributed by atoms with E-state index in [9.17, 15) is 23.1 Å². The van der Waals surface area contributed by atoms with Gasteiger partial charge in [0.25, 0.3) is 10.0 Å². The standard InChI is InChI=1S/C28H42N6O7S/c1-20-15-34(21(2)18-35)28(37)14-22-13-23(30-26(36)7-8-33-9-11-40-12-10-33)5-6-24(22)41-25(20)16-32(4)42(38,39)27-17-31(3)19-29-27/h5-6,13,17,19-21,25,35H,7-12,14-16,18H2,1-4H3,(H,30,36)/t20-,21-,25-/m1/s1. The molecule has 1 aromatic heterocycles. The molecule has 0 spiro atoms. The van der Waals surface area contributed by atoms with Crippen molar-refractivity contribution in [3.05, 3.63) is 36.3 Å². The molecule has 14 heteroatoms. The molecule has 2 aliphatic rings. The number of anilines is 1. The summed E-state index contributed by atoms with van der Waals surface area (Å²) >= 11 is 0. The van der Waals surface area contributed by atoms with E-state index < -0.39 is 22.2 Å². The van der Waals surface area contributed by atoms with Crippen LogP contribution in [-0.2, 0) is 37.8 Å². The Morgan fingerprint density at radius 3 is 2.69 bits per heavy atom. The van der Waals surface area contributed by atoms with Crippen LogP contribution in [0.25, 0.3) is 0 Å². The topological polar surface area (TPSA) is 147 Å². The van der Waals surface area contributed by atoms with Crippen molar-refractivity contribution in [1.82, 2.24) is 23.7 Å². The van der Waals surface area contributed by atoms with Crippen LogP contribution in [0.4, 0.5) is 5.69 Å². The lowest BCUT2D eigenvalue weighted by atomic mass is 10.0. The van der Waals surface area contributed by atoms with Gasteiger partial charge in [-0.2, -0.15) is 4.31 Å². The molecule has 0 aliphatic carbocycles. The van der Waals surface area contributed by atoms with Gasteiger partial charge in [-0.1, -0.05) is 6.92 Å². The number of fused-ring (bicyclic) bond motifs is 1. The number of morpholine rings is 1. The number of imidazole rings is 1. The number of aliphatic hydroxyl groups is 1. The van der Waals surface area contributed by atoms with E-state index in [1.807, 2.05) is 6.92 Å². The minimum atomic E-state index is -3.88. The van der Waals surface area contributed by atoms with Gasteiger partial charge in [-0.05, 0) is 25.1 Å². The number of likely N-dealkylation sites (N-methyl/N-ethyl adjacent to an activating group) is 1. The predicted octanol–water partition coefficient (Wildman–Crippen LogP) is 0.551. The summed E-state index contributed by atoms with van der Waals surface area (Å²) in [5, 5.41) is 12.7. The quantitative estimate of drug-likeness (QED) is 0.396. The maximum Gasteiger partial charge on any atom is 0.261 e. The molecule has 2 N–H and O–H groups in total. The molecule has 13 nitrogen and oxygen atoms in total. The highest BCUT2D eigenvalue weighted by Gasteiger charge is 2.34. The molecule has 42 heavy (non-hydrogen) atoms. The zero-order valence-corrected chi connectivity index (χ0v) is 25.5. The molecule has 0 radical (unpaired) electrons. The third-order valence-electron chi connectivity index (χ3n) is 7.75. The van der Waals surface area contributed by atoms with Crippen molar-refractivity contribution in [2.75, 3.05) is 64.9 Å². The minimum absolute atomic E-state index is 0.00131. The lowest BCUT2D eigenvalue weighted by Gasteiger charge is -2.33. The molecule has 3 atom stereocenters. The number of aliphatic hydroxyl groups excluding tert-OH is 1. The second-order valence-electron chi connectivity index (χ2n) is 11.1. The molecule has 1 fully saturated rings. The minimum Gasteiger partial charge on any atom is -0.488 e. The van der Waals surface area contributed by atoms with E-state index in [1.165, 1.54) is 23.9 Å². The first-order chi connectivity index (χ1) is 20.0. The van der Waals surface area contributed by atoms with Crippen molar-refractivity contribution < 1.29 is 32.6 Å². The molecule has 2 amide bonds. The van der Waals surface area contributed by atoms with Gasteiger partial charge in [-0.15, -0.1) is 0 Å². The highest BCUT2D eigenvalue weighted by Crippen LogP contribution is 2.30. The van der Waals surface area contributed by atoms with Gasteiger partial charge in [0.05, 0.1) is 45.2 Å². The number of ether oxygens (including phenoxy) is 2. The summed E-state index contributed by atoms with van der Waals surface area (Å²) in [5.41, 5.74) is 1.10. The first kappa shape index (κ1) is 31.9. The van der Waals surface area contributed by atoms with E-state index >= 15 is 0 Å². The molecule has 2 aliphatic heterocycles. The number of rotatable bonds is 10. The smallest absolute Gasteiger partial charge is 0.261 e. The van der Waals surface area contributed by atoms with Crippen molar-refractivity contribution >= 4 is 27.5 Å². The molecule has 232 valence electrons. The summed E-state index contributed by atoms with van der Waals surface area (Å²) in [6.07, 6.45) is 2.56. The van der Waals surface area contributed by atoms with Crippen LogP contribution in [0.1, 0.15) is 25.8 Å². The highest BCUT2D eigenvalue weighted by molar-refractivity contribution is 7.89. The monoisotopic (exact) mass is 606 g/mol. The van der Waals surface area contributed by atoms with E-state index in [2.05, 4.69) is 15.2 Å². The average molecular weight is 607 g/mol. The second-order valence-corrected chi connectivity index (χ2v) is 13.1. The number of nitrogens with one attached hydrogen (secondary N) is 1. The van der Waals surface area contributed by atoms with E-state index in [1.54, 1.807) is 41.6 Å². The maximum atomic E-state index is 13.5. The van der Waals surface area contributed by atoms with E-state index in [0.29, 0.717) is 43.2 Å². The van der Waals surface area contributed by atoms with Crippen molar-refractivity contribution in [3.63, 3.8) is 0 Å². The van der Waals surface area contributed by atoms with Crippen LogP contribution in [-0.4, -0.2) is 121 Å². The Morgan fingerprint density at radius 2 is 2.02 bits per heavy atom. The number of hydrogen-bond acceptors (Lipinski definition) is 9. The molecule has 0 saturated carbocycles. The number of aryl methyl sites for hydroxylation is 1. The van der Waals surface area contributed by atoms with Gasteiger partial charge in [0, 0.05) is 70.1 Å². The number of carbonyl (C=O) groups is 2. The van der Waals surface area contributed by atoms with Crippen LogP contribution in [0.3, 0.4) is 0 Å². The number of aromatic nitrogens is 2. The fraction of sp³-hybridized carbons (Fsp3) is 0.607. The molecule has 1 saturated heterocycles. The van der Waals surface area contributed by atoms with Crippen LogP contribution >= 0.6 is 0 Å². The van der Waals surface area contributed by atoms with Crippen molar-refractivity contribution in [2.24, 2.45) is 13.0 Å². The fourth-order valence-corrected chi connectivity index (χ4v) is 6.21. The number of carbonyl (C=O) groups excluding carboxylic acids is 2. The number of amides is 2. The summed E-state index contributed by atoms with van der Waals surface area (Å²) in [6.45, 7) is 7.27. The fourth-order valence-electron chi connectivity index (χ4n) is 5.07. The van der Waals surface area contributed by atoms with Crippen molar-refractivity contribution in [1.29, 1.82) is 0 Å². The van der Waals surface area contributed by atoms with Gasteiger partial charge >= 0.3 is 0 Å². The van der Waals surface area contributed by atoms with Crippen LogP contribution in [0.15, 0.2) is 35.7 Å². The van der Waals surface area contributed by atoms with Gasteiger partial charge in [0.15, 0.2) is 5.03 Å². The van der Waals surface area contributed by atoms with E-state index in [4.69, 9.17) is 9.47 Å². The summed E-state index contributed by atoms with van der Waals surface area (Å²) in [5.74, 6) is -0.178. The maximum absolute atomic E-state index is 13.5. The molecule has 0 unspecified atom stereocenters. The summed E-state index contributed by atoms with van der Waals surface area (Å²) in [6, 6.07) is 4.71. The number of sulfonamides is 1. The van der Waals surface area contributed by atoms with Crippen LogP contribution in [0.5, 0.6) is 5.75 Å². The van der Waals surface area contributed by atoms with Crippen LogP contribution in [0, 0.1) is 5.92 Å². The summed E-state index contributed by atoms with van der Waals surface area (Å²) < 4.78 is 41.0. The Bertz CT molecular complexity index is 1340. The van der Waals surface area contributed by atoms with Gasteiger partial charge in [0.1, 0.15) is 11.9 Å². The zero-order chi connectivity index (χ0) is 30.4. The van der Waals surface area contributed by atoms with E-state index in [0.717, 1.165) is 13.1 Å². The molecule has 1 aromatic carbocycles. The number of hydrogen-bond donors (Lipinski definition) is 2. The van der Waals surface area contributed by atoms with Gasteiger partial charge in [-0.3, -0.25) is 14.5 Å². The Morgan fingerprint density at radius 1 is 1.29 bits per heavy atom. The molecular weight excluding hydrogens is 564 g/mol. The first-order valence-electron chi connectivity index (χ1n) is 14.2. The Balaban J connectivity index is 1.55. The molecular formula is C28H42N6O7S. The molecule has 2 aromatic rings. The predicted molar refractivity (Wildman–Crippen MR) is 156 cm³/mol. The first-order valence-corrected chi connectivity index (χ1v) is 15.7. The lowest BCUT2D eigenvalue weighted by Crippen LogP contribution is -2.48. The third kappa shape index (κ3) is 7.86. The molecule has 3 heterocycles. The molecule has 4 rings (SSSR count). The van der Waals surface area contributed by atoms with Crippen molar-refractivity contribution in [3.8, 4) is 5.75 Å². The highest BCUT2D eigenvalue weighted by atomic mass is 32.2. The number of nitrogens with zero attached hydrogens (tertiary/aromatic N) is 5. The van der Waals surface area contributed by atoms with Crippen LogP contribution in [0.2, 0.25) is 0 Å². The lowest BCUT2D eigenvalue weighted by molar-refractivity contribution is -0.134. The second kappa shape index (κ2) is 14.0. The average Bonchev–Trinajstić information content (AvgIpc) is 3.43. The number of benzene rings is 1. The van der Waals surface area contributed by atoms with Gasteiger partial charge in [0.2, 0.25) is 11.8 Å². The van der Waals surface area contributed by atoms with Crippen molar-refractivity contribution in [2.45, 2.75) is 43.9 Å². The zero-order valence-electron chi connectivity index (χ0n) is 24.7. The van der Waals surface area contributed by atoms with E-state index in [-0.39, 0.29) is 48.9 Å². The Hall–Kier alpha value is -3.04. The molecule has 0 bridgehead atoms. The third-order valence-corrected chi connectivity index (χ3v) is 9.46. The summed E-state index contributed by atoms with van der Waals surface area (Å²) in [7, 11) is -0.714. The van der Waals surface area contributed by atoms with Gasteiger partial charge in [-0.25, -0.2) is 13.4 Å². The Kier molecular flexibility index (Phi) is 10.6. The van der Waals surface area contributed by atoms with Crippen LogP contribution < -0.4 is 10.1 Å². The largest absolute Gasteiger partial charge is 0.488 e. The normalized spacial score (nSPS) is 21.2. The summed E-state index contributed by atoms with van der Waals surface area (Å²) in [4.78, 5) is 34.0.